The van der Waals surface area contributed by atoms with Crippen molar-refractivity contribution in [3.63, 3.8) is 0 Å². The lowest BCUT2D eigenvalue weighted by molar-refractivity contribution is 0.0554. The van der Waals surface area contributed by atoms with Crippen molar-refractivity contribution in [2.24, 2.45) is 0 Å². The van der Waals surface area contributed by atoms with Crippen molar-refractivity contribution in [1.29, 1.82) is 0 Å². The summed E-state index contributed by atoms with van der Waals surface area (Å²) < 4.78 is 6.58. The standard InChI is InChI=1S/C9H17N3O2/c1-9(2,3)12-7(5-10-11-12)8(13)6-14-4/h5,8,13H,6H2,1-4H3/t8-/m0/s1. The fraction of sp³-hybridized carbons (Fsp3) is 0.778. The molecule has 0 unspecified atom stereocenters. The van der Waals surface area contributed by atoms with Crippen LogP contribution in [0.1, 0.15) is 32.6 Å². The SMILES string of the molecule is COC[C@H](O)c1cnnn1C(C)(C)C. The Morgan fingerprint density at radius 1 is 1.57 bits per heavy atom. The van der Waals surface area contributed by atoms with Crippen LogP contribution in [0.25, 0.3) is 0 Å². The first-order valence-corrected chi connectivity index (χ1v) is 4.55. The van der Waals surface area contributed by atoms with Crippen LogP contribution in [0.3, 0.4) is 0 Å². The second-order valence-electron chi connectivity index (χ2n) is 4.21. The molecular weight excluding hydrogens is 182 g/mol. The minimum atomic E-state index is -0.672. The summed E-state index contributed by atoms with van der Waals surface area (Å²) in [6.45, 7) is 6.27. The number of nitrogens with zero attached hydrogens (tertiary/aromatic N) is 3. The van der Waals surface area contributed by atoms with Crippen LogP contribution in [0.15, 0.2) is 6.20 Å². The molecule has 0 aliphatic carbocycles. The van der Waals surface area contributed by atoms with Gasteiger partial charge in [-0.15, -0.1) is 5.10 Å². The molecule has 14 heavy (non-hydrogen) atoms. The van der Waals surface area contributed by atoms with Crippen LogP contribution in [-0.4, -0.2) is 33.8 Å². The third-order valence-corrected chi connectivity index (χ3v) is 1.88. The van der Waals surface area contributed by atoms with Gasteiger partial charge < -0.3 is 9.84 Å². The molecule has 80 valence electrons. The molecule has 1 aromatic heterocycles. The van der Waals surface area contributed by atoms with E-state index in [1.807, 2.05) is 20.8 Å². The average molecular weight is 199 g/mol. The molecule has 5 nitrogen and oxygen atoms in total. The van der Waals surface area contributed by atoms with Gasteiger partial charge in [-0.2, -0.15) is 0 Å². The first kappa shape index (κ1) is 11.1. The molecule has 0 fully saturated rings. The highest BCUT2D eigenvalue weighted by molar-refractivity contribution is 5.01. The van der Waals surface area contributed by atoms with E-state index in [0.29, 0.717) is 5.69 Å². The van der Waals surface area contributed by atoms with E-state index >= 15 is 0 Å². The van der Waals surface area contributed by atoms with Gasteiger partial charge in [0.15, 0.2) is 0 Å². The molecule has 0 aliphatic heterocycles. The predicted molar refractivity (Wildman–Crippen MR) is 51.9 cm³/mol. The van der Waals surface area contributed by atoms with Crippen molar-refractivity contribution < 1.29 is 9.84 Å². The molecule has 0 saturated heterocycles. The first-order valence-electron chi connectivity index (χ1n) is 4.55. The van der Waals surface area contributed by atoms with Gasteiger partial charge in [-0.3, -0.25) is 0 Å². The lowest BCUT2D eigenvalue weighted by Crippen LogP contribution is -2.27. The van der Waals surface area contributed by atoms with E-state index in [1.165, 1.54) is 0 Å². The summed E-state index contributed by atoms with van der Waals surface area (Å²) in [4.78, 5) is 0. The summed E-state index contributed by atoms with van der Waals surface area (Å²) in [5.41, 5.74) is 0.500. The maximum atomic E-state index is 9.73. The van der Waals surface area contributed by atoms with Gasteiger partial charge in [0.05, 0.1) is 24.0 Å². The van der Waals surface area contributed by atoms with Crippen LogP contribution in [0.4, 0.5) is 0 Å². The van der Waals surface area contributed by atoms with Crippen LogP contribution >= 0.6 is 0 Å². The molecule has 5 heteroatoms. The fourth-order valence-corrected chi connectivity index (χ4v) is 1.23. The minimum Gasteiger partial charge on any atom is -0.384 e. The number of ether oxygens (including phenoxy) is 1. The molecule has 1 rings (SSSR count). The molecule has 0 spiro atoms. The molecule has 0 saturated carbocycles. The van der Waals surface area contributed by atoms with E-state index in [9.17, 15) is 5.11 Å². The largest absolute Gasteiger partial charge is 0.384 e. The maximum absolute atomic E-state index is 9.73. The van der Waals surface area contributed by atoms with Crippen molar-refractivity contribution in [1.82, 2.24) is 15.0 Å². The summed E-state index contributed by atoms with van der Waals surface area (Å²) in [5.74, 6) is 0. The zero-order chi connectivity index (χ0) is 10.8. The fourth-order valence-electron chi connectivity index (χ4n) is 1.23. The summed E-state index contributed by atoms with van der Waals surface area (Å²) in [6, 6.07) is 0. The topological polar surface area (TPSA) is 60.2 Å². The normalized spacial score (nSPS) is 14.4. The van der Waals surface area contributed by atoms with Crippen molar-refractivity contribution in [2.45, 2.75) is 32.4 Å². The van der Waals surface area contributed by atoms with Crippen molar-refractivity contribution in [3.05, 3.63) is 11.9 Å². The molecular formula is C9H17N3O2. The van der Waals surface area contributed by atoms with Gasteiger partial charge in [-0.25, -0.2) is 4.68 Å². The zero-order valence-electron chi connectivity index (χ0n) is 9.06. The number of aromatic nitrogens is 3. The van der Waals surface area contributed by atoms with Gasteiger partial charge in [0.1, 0.15) is 6.10 Å². The van der Waals surface area contributed by atoms with Crippen LogP contribution < -0.4 is 0 Å². The highest BCUT2D eigenvalue weighted by Gasteiger charge is 2.22. The number of aliphatic hydroxyl groups excluding tert-OH is 1. The number of rotatable bonds is 3. The zero-order valence-corrected chi connectivity index (χ0v) is 9.06. The van der Waals surface area contributed by atoms with Crippen LogP contribution in [0.5, 0.6) is 0 Å². The number of hydrogen-bond acceptors (Lipinski definition) is 4. The van der Waals surface area contributed by atoms with Crippen molar-refractivity contribution >= 4 is 0 Å². The Kier molecular flexibility index (Phi) is 3.23. The number of methoxy groups -OCH3 is 1. The molecule has 1 N–H and O–H groups in total. The van der Waals surface area contributed by atoms with E-state index in [1.54, 1.807) is 18.0 Å². The summed E-state index contributed by atoms with van der Waals surface area (Å²) in [6.07, 6.45) is 0.892. The average Bonchev–Trinajstić information content (AvgIpc) is 2.50. The van der Waals surface area contributed by atoms with Gasteiger partial charge >= 0.3 is 0 Å². The molecule has 1 aromatic rings. The van der Waals surface area contributed by atoms with E-state index in [4.69, 9.17) is 4.74 Å². The van der Waals surface area contributed by atoms with Gasteiger partial charge in [0, 0.05) is 7.11 Å². The second kappa shape index (κ2) is 4.06. The molecule has 0 aromatic carbocycles. The Morgan fingerprint density at radius 2 is 2.21 bits per heavy atom. The molecule has 1 heterocycles. The predicted octanol–water partition coefficient (Wildman–Crippen LogP) is 0.713. The lowest BCUT2D eigenvalue weighted by atomic mass is 10.1. The van der Waals surface area contributed by atoms with E-state index in [2.05, 4.69) is 10.3 Å². The summed E-state index contributed by atoms with van der Waals surface area (Å²) >= 11 is 0. The Bertz CT molecular complexity index is 290. The third kappa shape index (κ3) is 2.30. The van der Waals surface area contributed by atoms with E-state index in [0.717, 1.165) is 0 Å². The minimum absolute atomic E-state index is 0.180. The Labute approximate surface area is 83.7 Å². The highest BCUT2D eigenvalue weighted by Crippen LogP contribution is 2.19. The summed E-state index contributed by atoms with van der Waals surface area (Å²) in [7, 11) is 1.55. The maximum Gasteiger partial charge on any atom is 0.120 e. The molecule has 0 bridgehead atoms. The first-order chi connectivity index (χ1) is 6.46. The van der Waals surface area contributed by atoms with Crippen LogP contribution in [0, 0.1) is 0 Å². The molecule has 0 aliphatic rings. The Balaban J connectivity index is 2.93. The Morgan fingerprint density at radius 3 is 2.71 bits per heavy atom. The van der Waals surface area contributed by atoms with Gasteiger partial charge in [-0.05, 0) is 20.8 Å². The number of hydrogen-bond donors (Lipinski definition) is 1. The van der Waals surface area contributed by atoms with Gasteiger partial charge in [0.2, 0.25) is 0 Å². The van der Waals surface area contributed by atoms with Gasteiger partial charge in [0.25, 0.3) is 0 Å². The van der Waals surface area contributed by atoms with E-state index < -0.39 is 6.10 Å². The summed E-state index contributed by atoms with van der Waals surface area (Å²) in [5, 5.41) is 17.5. The van der Waals surface area contributed by atoms with Gasteiger partial charge in [-0.1, -0.05) is 5.21 Å². The quantitative estimate of drug-likeness (QED) is 0.779. The van der Waals surface area contributed by atoms with Crippen LogP contribution in [0.2, 0.25) is 0 Å². The lowest BCUT2D eigenvalue weighted by Gasteiger charge is -2.22. The van der Waals surface area contributed by atoms with Crippen molar-refractivity contribution in [3.8, 4) is 0 Å². The van der Waals surface area contributed by atoms with Crippen LogP contribution in [-0.2, 0) is 10.3 Å². The monoisotopic (exact) mass is 199 g/mol. The van der Waals surface area contributed by atoms with E-state index in [-0.39, 0.29) is 12.1 Å². The molecule has 0 amide bonds. The molecule has 1 atom stereocenters. The van der Waals surface area contributed by atoms with Crippen molar-refractivity contribution in [2.75, 3.05) is 13.7 Å². The Hall–Kier alpha value is -0.940. The smallest absolute Gasteiger partial charge is 0.120 e. The molecule has 0 radical (unpaired) electrons. The number of aliphatic hydroxyl groups is 1. The highest BCUT2D eigenvalue weighted by atomic mass is 16.5. The third-order valence-electron chi connectivity index (χ3n) is 1.88. The second-order valence-corrected chi connectivity index (χ2v) is 4.21.